The Bertz CT molecular complexity index is 861. The first-order valence-corrected chi connectivity index (χ1v) is 10.2. The summed E-state index contributed by atoms with van der Waals surface area (Å²) in [5, 5.41) is 6.71. The molecule has 4 nitrogen and oxygen atoms in total. The molecular weight excluding hydrogens is 372 g/mol. The van der Waals surface area contributed by atoms with Crippen LogP contribution in [-0.2, 0) is 16.0 Å². The molecule has 0 bridgehead atoms. The molecule has 0 spiro atoms. The summed E-state index contributed by atoms with van der Waals surface area (Å²) in [7, 11) is 0. The number of nitrogens with one attached hydrogen (secondary N) is 2. The van der Waals surface area contributed by atoms with Gasteiger partial charge in [-0.2, -0.15) is 0 Å². The fourth-order valence-corrected chi connectivity index (χ4v) is 3.57. The smallest absolute Gasteiger partial charge is 0.228 e. The number of aryl methyl sites for hydroxylation is 1. The van der Waals surface area contributed by atoms with Crippen molar-refractivity contribution in [3.63, 3.8) is 0 Å². The molecule has 2 aromatic carbocycles. The van der Waals surface area contributed by atoms with Gasteiger partial charge in [0.25, 0.3) is 0 Å². The number of rotatable bonds is 7. The van der Waals surface area contributed by atoms with Gasteiger partial charge in [0.05, 0.1) is 11.8 Å². The summed E-state index contributed by atoms with van der Waals surface area (Å²) in [5.41, 5.74) is 4.17. The van der Waals surface area contributed by atoms with E-state index in [1.54, 1.807) is 0 Å². The number of benzene rings is 2. The molecule has 2 aromatic rings. The number of hydrogen-bond acceptors (Lipinski definition) is 2. The summed E-state index contributed by atoms with van der Waals surface area (Å²) >= 11 is 5.88. The van der Waals surface area contributed by atoms with Crippen LogP contribution in [0.4, 0.5) is 5.69 Å². The number of amides is 2. The van der Waals surface area contributed by atoms with Gasteiger partial charge in [0.2, 0.25) is 11.8 Å². The van der Waals surface area contributed by atoms with E-state index in [0.29, 0.717) is 23.9 Å². The van der Waals surface area contributed by atoms with Crippen molar-refractivity contribution in [2.45, 2.75) is 39.5 Å². The summed E-state index contributed by atoms with van der Waals surface area (Å²) in [6.07, 6.45) is 1.36. The van der Waals surface area contributed by atoms with Crippen molar-refractivity contribution in [2.75, 3.05) is 11.9 Å². The van der Waals surface area contributed by atoms with Gasteiger partial charge in [0.1, 0.15) is 0 Å². The van der Waals surface area contributed by atoms with Gasteiger partial charge in [0.15, 0.2) is 0 Å². The van der Waals surface area contributed by atoms with Gasteiger partial charge in [-0.25, -0.2) is 0 Å². The van der Waals surface area contributed by atoms with Crippen LogP contribution in [0.5, 0.6) is 0 Å². The Kier molecular flexibility index (Phi) is 6.40. The lowest BCUT2D eigenvalue weighted by molar-refractivity contribution is -0.125. The highest BCUT2D eigenvalue weighted by Crippen LogP contribution is 2.40. The van der Waals surface area contributed by atoms with Gasteiger partial charge in [0, 0.05) is 17.3 Å². The third-order valence-electron chi connectivity index (χ3n) is 5.27. The molecule has 3 rings (SSSR count). The molecule has 2 N–H and O–H groups in total. The first-order valence-electron chi connectivity index (χ1n) is 9.79. The Balaban J connectivity index is 1.50. The number of hydrogen-bond donors (Lipinski definition) is 2. The van der Waals surface area contributed by atoms with Crippen LogP contribution in [0, 0.1) is 18.8 Å². The van der Waals surface area contributed by atoms with Crippen LogP contribution in [0.25, 0.3) is 0 Å². The molecule has 0 aliphatic heterocycles. The van der Waals surface area contributed by atoms with Gasteiger partial charge in [-0.3, -0.25) is 9.59 Å². The van der Waals surface area contributed by atoms with Gasteiger partial charge < -0.3 is 10.6 Å². The van der Waals surface area contributed by atoms with Crippen LogP contribution in [0.2, 0.25) is 5.02 Å². The van der Waals surface area contributed by atoms with E-state index in [4.69, 9.17) is 11.6 Å². The van der Waals surface area contributed by atoms with E-state index in [2.05, 4.69) is 24.5 Å². The maximum Gasteiger partial charge on any atom is 0.228 e. The normalized spacial score (nSPS) is 18.0. The quantitative estimate of drug-likeness (QED) is 0.709. The average molecular weight is 399 g/mol. The standard InChI is InChI=1S/C23H27ClN2O2/c1-14(2)18-6-4-5-15(3)21(18)26-23(28)20-13-19(20)22(27)25-12-11-16-7-9-17(24)10-8-16/h4-10,14,19-20H,11-13H2,1-3H3,(H,25,27)(H,26,28). The number of para-hydroxylation sites is 1. The number of carbonyl (C=O) groups is 2. The summed E-state index contributed by atoms with van der Waals surface area (Å²) in [6, 6.07) is 13.6. The highest BCUT2D eigenvalue weighted by molar-refractivity contribution is 6.30. The monoisotopic (exact) mass is 398 g/mol. The molecule has 148 valence electrons. The molecule has 1 aliphatic rings. The van der Waals surface area contributed by atoms with Crippen LogP contribution in [0.3, 0.4) is 0 Å². The molecule has 1 saturated carbocycles. The van der Waals surface area contributed by atoms with Crippen molar-refractivity contribution >= 4 is 29.1 Å². The van der Waals surface area contributed by atoms with Crippen molar-refractivity contribution in [1.82, 2.24) is 5.32 Å². The molecule has 0 saturated heterocycles. The van der Waals surface area contributed by atoms with Crippen molar-refractivity contribution < 1.29 is 9.59 Å². The van der Waals surface area contributed by atoms with E-state index in [1.165, 1.54) is 0 Å². The molecule has 2 amide bonds. The lowest BCUT2D eigenvalue weighted by Crippen LogP contribution is -2.29. The predicted octanol–water partition coefficient (Wildman–Crippen LogP) is 4.71. The van der Waals surface area contributed by atoms with E-state index >= 15 is 0 Å². The minimum atomic E-state index is -0.241. The lowest BCUT2D eigenvalue weighted by atomic mass is 9.98. The lowest BCUT2D eigenvalue weighted by Gasteiger charge is -2.16. The second-order valence-electron chi connectivity index (χ2n) is 7.80. The fraction of sp³-hybridized carbons (Fsp3) is 0.391. The fourth-order valence-electron chi connectivity index (χ4n) is 3.44. The molecule has 2 unspecified atom stereocenters. The molecule has 5 heteroatoms. The molecule has 1 fully saturated rings. The Morgan fingerprint density at radius 3 is 2.43 bits per heavy atom. The zero-order chi connectivity index (χ0) is 20.3. The van der Waals surface area contributed by atoms with Crippen LogP contribution in [0.15, 0.2) is 42.5 Å². The van der Waals surface area contributed by atoms with E-state index in [1.807, 2.05) is 49.4 Å². The summed E-state index contributed by atoms with van der Waals surface area (Å²) in [5.74, 6) is -0.245. The SMILES string of the molecule is Cc1cccc(C(C)C)c1NC(=O)C1CC1C(=O)NCCc1ccc(Cl)cc1. The van der Waals surface area contributed by atoms with Crippen LogP contribution in [0.1, 0.15) is 42.9 Å². The second-order valence-corrected chi connectivity index (χ2v) is 8.24. The summed E-state index contributed by atoms with van der Waals surface area (Å²) in [4.78, 5) is 25.0. The first-order chi connectivity index (χ1) is 13.4. The number of carbonyl (C=O) groups excluding carboxylic acids is 2. The van der Waals surface area contributed by atoms with E-state index < -0.39 is 0 Å². The molecule has 2 atom stereocenters. The Hall–Kier alpha value is -2.33. The maximum absolute atomic E-state index is 12.6. The van der Waals surface area contributed by atoms with E-state index in [9.17, 15) is 9.59 Å². The molecule has 28 heavy (non-hydrogen) atoms. The Morgan fingerprint density at radius 2 is 1.75 bits per heavy atom. The topological polar surface area (TPSA) is 58.2 Å². The Morgan fingerprint density at radius 1 is 1.07 bits per heavy atom. The summed E-state index contributed by atoms with van der Waals surface area (Å²) < 4.78 is 0. The van der Waals surface area contributed by atoms with Crippen molar-refractivity contribution in [2.24, 2.45) is 11.8 Å². The zero-order valence-electron chi connectivity index (χ0n) is 16.6. The molecular formula is C23H27ClN2O2. The molecule has 1 aliphatic carbocycles. The third-order valence-corrected chi connectivity index (χ3v) is 5.52. The molecule has 0 heterocycles. The summed E-state index contributed by atoms with van der Waals surface area (Å²) in [6.45, 7) is 6.77. The van der Waals surface area contributed by atoms with Crippen molar-refractivity contribution in [3.8, 4) is 0 Å². The van der Waals surface area contributed by atoms with Gasteiger partial charge >= 0.3 is 0 Å². The maximum atomic E-state index is 12.6. The third kappa shape index (κ3) is 4.93. The minimum absolute atomic E-state index is 0.0389. The van der Waals surface area contributed by atoms with E-state index in [-0.39, 0.29) is 23.7 Å². The molecule has 0 aromatic heterocycles. The highest BCUT2D eigenvalue weighted by Gasteiger charge is 2.48. The molecule has 0 radical (unpaired) electrons. The van der Waals surface area contributed by atoms with Gasteiger partial charge in [-0.15, -0.1) is 0 Å². The van der Waals surface area contributed by atoms with Crippen LogP contribution >= 0.6 is 11.6 Å². The second kappa shape index (κ2) is 8.78. The van der Waals surface area contributed by atoms with Crippen LogP contribution in [-0.4, -0.2) is 18.4 Å². The Labute approximate surface area is 171 Å². The largest absolute Gasteiger partial charge is 0.356 e. The van der Waals surface area contributed by atoms with E-state index in [0.717, 1.165) is 28.8 Å². The van der Waals surface area contributed by atoms with Crippen LogP contribution < -0.4 is 10.6 Å². The predicted molar refractivity (Wildman–Crippen MR) is 114 cm³/mol. The first kappa shape index (κ1) is 20.4. The zero-order valence-corrected chi connectivity index (χ0v) is 17.3. The number of anilines is 1. The van der Waals surface area contributed by atoms with Gasteiger partial charge in [-0.1, -0.05) is 55.8 Å². The highest BCUT2D eigenvalue weighted by atomic mass is 35.5. The van der Waals surface area contributed by atoms with Crippen molar-refractivity contribution in [3.05, 3.63) is 64.2 Å². The minimum Gasteiger partial charge on any atom is -0.356 e. The number of halogens is 1. The average Bonchev–Trinajstić information content (AvgIpc) is 3.45. The van der Waals surface area contributed by atoms with Crippen molar-refractivity contribution in [1.29, 1.82) is 0 Å². The van der Waals surface area contributed by atoms with Gasteiger partial charge in [-0.05, 0) is 54.5 Å².